The van der Waals surface area contributed by atoms with Crippen LogP contribution in [0.1, 0.15) is 26.2 Å². The van der Waals surface area contributed by atoms with E-state index in [-0.39, 0.29) is 11.3 Å². The fraction of sp³-hybridized carbons (Fsp3) is 0.385. The Morgan fingerprint density at radius 2 is 2.29 bits per heavy atom. The van der Waals surface area contributed by atoms with Crippen LogP contribution >= 0.6 is 11.3 Å². The third-order valence-electron chi connectivity index (χ3n) is 3.03. The summed E-state index contributed by atoms with van der Waals surface area (Å²) in [4.78, 5) is 15.2. The van der Waals surface area contributed by atoms with Crippen LogP contribution in [0.2, 0.25) is 0 Å². The van der Waals surface area contributed by atoms with Crippen molar-refractivity contribution >= 4 is 37.5 Å². The first-order chi connectivity index (χ1) is 9.94. The number of rotatable bonds is 7. The Balaban J connectivity index is 2.25. The van der Waals surface area contributed by atoms with Gasteiger partial charge in [-0.05, 0) is 23.9 Å². The van der Waals surface area contributed by atoms with Crippen LogP contribution in [0.5, 0.6) is 0 Å². The maximum Gasteiger partial charge on any atom is 0.321 e. The van der Waals surface area contributed by atoms with E-state index < -0.39 is 22.0 Å². The van der Waals surface area contributed by atoms with Gasteiger partial charge < -0.3 is 5.11 Å². The van der Waals surface area contributed by atoms with Crippen molar-refractivity contribution in [3.05, 3.63) is 23.7 Å². The summed E-state index contributed by atoms with van der Waals surface area (Å²) < 4.78 is 27.5. The molecule has 0 fully saturated rings. The summed E-state index contributed by atoms with van der Waals surface area (Å²) in [6.45, 7) is 1.92. The van der Waals surface area contributed by atoms with Gasteiger partial charge in [-0.2, -0.15) is 4.72 Å². The van der Waals surface area contributed by atoms with Gasteiger partial charge in [0.05, 0.1) is 10.2 Å². The van der Waals surface area contributed by atoms with E-state index >= 15 is 0 Å². The van der Waals surface area contributed by atoms with E-state index in [4.69, 9.17) is 5.11 Å². The minimum atomic E-state index is -3.89. The van der Waals surface area contributed by atoms with Gasteiger partial charge in [-0.15, -0.1) is 11.3 Å². The zero-order valence-electron chi connectivity index (χ0n) is 11.4. The molecule has 2 heterocycles. The van der Waals surface area contributed by atoms with Crippen molar-refractivity contribution in [3.63, 3.8) is 0 Å². The Labute approximate surface area is 126 Å². The number of carboxylic acid groups (broad SMARTS) is 1. The lowest BCUT2D eigenvalue weighted by Crippen LogP contribution is -2.40. The van der Waals surface area contributed by atoms with Gasteiger partial charge in [-0.25, -0.2) is 8.42 Å². The average molecular weight is 328 g/mol. The Bertz CT molecular complexity index is 739. The third-order valence-corrected chi connectivity index (χ3v) is 5.32. The largest absolute Gasteiger partial charge is 0.480 e. The smallest absolute Gasteiger partial charge is 0.321 e. The minimum absolute atomic E-state index is 0.0137. The number of carbonyl (C=O) groups is 1. The second-order valence-corrected chi connectivity index (χ2v) is 7.29. The number of pyridine rings is 1. The molecule has 0 aromatic carbocycles. The van der Waals surface area contributed by atoms with Crippen LogP contribution in [0.15, 0.2) is 28.6 Å². The maximum absolute atomic E-state index is 12.3. The molecule has 0 aliphatic heterocycles. The lowest BCUT2D eigenvalue weighted by molar-refractivity contribution is -0.139. The molecule has 2 aromatic heterocycles. The molecule has 2 aromatic rings. The van der Waals surface area contributed by atoms with Crippen LogP contribution in [-0.4, -0.2) is 30.5 Å². The lowest BCUT2D eigenvalue weighted by Gasteiger charge is -2.14. The molecule has 0 aliphatic carbocycles. The van der Waals surface area contributed by atoms with Crippen LogP contribution in [0.3, 0.4) is 0 Å². The molecule has 0 aliphatic rings. The first-order valence-electron chi connectivity index (χ1n) is 6.52. The molecule has 0 spiro atoms. The number of hydrogen-bond donors (Lipinski definition) is 2. The van der Waals surface area contributed by atoms with Crippen LogP contribution in [0, 0.1) is 0 Å². The van der Waals surface area contributed by atoms with Crippen molar-refractivity contribution in [1.29, 1.82) is 0 Å². The molecule has 0 amide bonds. The molecule has 114 valence electrons. The van der Waals surface area contributed by atoms with Gasteiger partial charge in [0.1, 0.15) is 10.9 Å². The molecular formula is C13H16N2O4S2. The fourth-order valence-electron chi connectivity index (χ4n) is 1.87. The van der Waals surface area contributed by atoms with E-state index in [0.29, 0.717) is 6.42 Å². The van der Waals surface area contributed by atoms with E-state index in [1.54, 1.807) is 6.07 Å². The molecule has 2 rings (SSSR count). The summed E-state index contributed by atoms with van der Waals surface area (Å²) in [7, 11) is -3.89. The van der Waals surface area contributed by atoms with Crippen molar-refractivity contribution in [2.45, 2.75) is 37.1 Å². The summed E-state index contributed by atoms with van der Waals surface area (Å²) in [5.74, 6) is -1.17. The first-order valence-corrected chi connectivity index (χ1v) is 8.88. The summed E-state index contributed by atoms with van der Waals surface area (Å²) in [6.07, 6.45) is 2.95. The number of aliphatic carboxylic acids is 1. The van der Waals surface area contributed by atoms with Crippen LogP contribution in [0.25, 0.3) is 10.2 Å². The highest BCUT2D eigenvalue weighted by molar-refractivity contribution is 7.89. The highest BCUT2D eigenvalue weighted by atomic mass is 32.2. The average Bonchev–Trinajstić information content (AvgIpc) is 2.90. The van der Waals surface area contributed by atoms with Gasteiger partial charge in [-0.3, -0.25) is 9.78 Å². The van der Waals surface area contributed by atoms with E-state index in [9.17, 15) is 13.2 Å². The summed E-state index contributed by atoms with van der Waals surface area (Å²) in [5.41, 5.74) is 0.722. The van der Waals surface area contributed by atoms with Gasteiger partial charge >= 0.3 is 5.97 Å². The van der Waals surface area contributed by atoms with Crippen molar-refractivity contribution < 1.29 is 18.3 Å². The number of hydrogen-bond acceptors (Lipinski definition) is 5. The lowest BCUT2D eigenvalue weighted by atomic mass is 10.1. The van der Waals surface area contributed by atoms with Gasteiger partial charge in [0.2, 0.25) is 10.0 Å². The van der Waals surface area contributed by atoms with Gasteiger partial charge in [0.15, 0.2) is 0 Å². The number of sulfonamides is 1. The highest BCUT2D eigenvalue weighted by Gasteiger charge is 2.25. The predicted molar refractivity (Wildman–Crippen MR) is 80.9 cm³/mol. The summed E-state index contributed by atoms with van der Waals surface area (Å²) >= 11 is 1.39. The molecule has 0 saturated heterocycles. The SMILES string of the molecule is CCCC[C@H](NS(=O)(=O)c1cnc2ccsc2c1)C(=O)O. The van der Waals surface area contributed by atoms with Crippen LogP contribution in [0.4, 0.5) is 0 Å². The number of nitrogens with one attached hydrogen (secondary N) is 1. The van der Waals surface area contributed by atoms with Crippen LogP contribution in [-0.2, 0) is 14.8 Å². The standard InChI is InChI=1S/C13H16N2O4S2/c1-2-3-4-11(13(16)17)15-21(18,19)9-7-12-10(14-8-9)5-6-20-12/h5-8,11,15H,2-4H2,1H3,(H,16,17)/t11-/m0/s1. The van der Waals surface area contributed by atoms with Gasteiger partial charge in [0.25, 0.3) is 0 Å². The monoisotopic (exact) mass is 328 g/mol. The second-order valence-electron chi connectivity index (χ2n) is 4.63. The highest BCUT2D eigenvalue weighted by Crippen LogP contribution is 2.22. The molecule has 0 unspecified atom stereocenters. The Morgan fingerprint density at radius 3 is 2.95 bits per heavy atom. The van der Waals surface area contributed by atoms with Crippen molar-refractivity contribution in [1.82, 2.24) is 9.71 Å². The number of fused-ring (bicyclic) bond motifs is 1. The summed E-state index contributed by atoms with van der Waals surface area (Å²) in [6, 6.07) is 2.19. The quantitative estimate of drug-likeness (QED) is 0.812. The van der Waals surface area contributed by atoms with Crippen LogP contribution < -0.4 is 4.72 Å². The number of thiophene rings is 1. The Morgan fingerprint density at radius 1 is 1.52 bits per heavy atom. The summed E-state index contributed by atoms with van der Waals surface area (Å²) in [5, 5.41) is 10.9. The zero-order valence-corrected chi connectivity index (χ0v) is 13.1. The molecule has 8 heteroatoms. The topological polar surface area (TPSA) is 96.4 Å². The molecule has 2 N–H and O–H groups in total. The Hall–Kier alpha value is -1.51. The second kappa shape index (κ2) is 6.50. The van der Waals surface area contributed by atoms with E-state index in [1.807, 2.05) is 12.3 Å². The molecule has 0 bridgehead atoms. The molecule has 21 heavy (non-hydrogen) atoms. The first kappa shape index (κ1) is 15.9. The van der Waals surface area contributed by atoms with E-state index in [2.05, 4.69) is 9.71 Å². The molecule has 0 radical (unpaired) electrons. The Kier molecular flexibility index (Phi) is 4.92. The third kappa shape index (κ3) is 3.78. The number of carboxylic acids is 1. The van der Waals surface area contributed by atoms with Gasteiger partial charge in [0, 0.05) is 6.20 Å². The maximum atomic E-state index is 12.3. The van der Waals surface area contributed by atoms with Crippen molar-refractivity contribution in [2.24, 2.45) is 0 Å². The number of unbranched alkanes of at least 4 members (excludes halogenated alkanes) is 1. The van der Waals surface area contributed by atoms with Crippen molar-refractivity contribution in [3.8, 4) is 0 Å². The van der Waals surface area contributed by atoms with E-state index in [1.165, 1.54) is 23.6 Å². The fourth-order valence-corrected chi connectivity index (χ4v) is 3.92. The number of nitrogens with zero attached hydrogens (tertiary/aromatic N) is 1. The van der Waals surface area contributed by atoms with Gasteiger partial charge in [-0.1, -0.05) is 19.8 Å². The zero-order chi connectivity index (χ0) is 15.5. The molecule has 1 atom stereocenters. The normalized spacial score (nSPS) is 13.4. The number of aromatic nitrogens is 1. The molecular weight excluding hydrogens is 312 g/mol. The molecule has 6 nitrogen and oxygen atoms in total. The predicted octanol–water partition coefficient (Wildman–Crippen LogP) is 2.22. The van der Waals surface area contributed by atoms with E-state index in [0.717, 1.165) is 16.6 Å². The minimum Gasteiger partial charge on any atom is -0.480 e. The van der Waals surface area contributed by atoms with Crippen molar-refractivity contribution in [2.75, 3.05) is 0 Å². The molecule has 0 saturated carbocycles.